The molecule has 2 rings (SSSR count). The van der Waals surface area contributed by atoms with Gasteiger partial charge >= 0.3 is 0 Å². The standard InChI is InChI=1S/C17H23N3/c1-6-18-17-13(4)14(5)19-16(20-17)10-15-8-11(2)7-12(3)9-15/h7-9H,6,10H2,1-5H3,(H,18,19,20). The highest BCUT2D eigenvalue weighted by Crippen LogP contribution is 2.17. The lowest BCUT2D eigenvalue weighted by molar-refractivity contribution is 0.921. The lowest BCUT2D eigenvalue weighted by Crippen LogP contribution is -2.08. The average Bonchev–Trinajstić information content (AvgIpc) is 2.34. The van der Waals surface area contributed by atoms with Crippen LogP contribution in [0.25, 0.3) is 0 Å². The van der Waals surface area contributed by atoms with Gasteiger partial charge in [-0.3, -0.25) is 0 Å². The van der Waals surface area contributed by atoms with Gasteiger partial charge in [-0.25, -0.2) is 9.97 Å². The van der Waals surface area contributed by atoms with Crippen molar-refractivity contribution in [3.63, 3.8) is 0 Å². The fourth-order valence-electron chi connectivity index (χ4n) is 2.46. The third-order valence-corrected chi connectivity index (χ3v) is 3.42. The van der Waals surface area contributed by atoms with Crippen molar-refractivity contribution < 1.29 is 0 Å². The molecule has 0 aliphatic heterocycles. The van der Waals surface area contributed by atoms with Crippen LogP contribution in [0.15, 0.2) is 18.2 Å². The molecule has 3 heteroatoms. The van der Waals surface area contributed by atoms with Crippen LogP contribution in [0.5, 0.6) is 0 Å². The summed E-state index contributed by atoms with van der Waals surface area (Å²) < 4.78 is 0. The van der Waals surface area contributed by atoms with Gasteiger partial charge in [0.05, 0.1) is 0 Å². The zero-order valence-electron chi connectivity index (χ0n) is 13.0. The van der Waals surface area contributed by atoms with Gasteiger partial charge in [0.1, 0.15) is 11.6 Å². The van der Waals surface area contributed by atoms with Crippen LogP contribution < -0.4 is 5.32 Å². The first-order valence-corrected chi connectivity index (χ1v) is 7.14. The first-order chi connectivity index (χ1) is 9.49. The summed E-state index contributed by atoms with van der Waals surface area (Å²) in [6.07, 6.45) is 0.780. The molecule has 1 aromatic heterocycles. The van der Waals surface area contributed by atoms with Crippen molar-refractivity contribution in [3.05, 3.63) is 52.0 Å². The van der Waals surface area contributed by atoms with Gasteiger partial charge in [-0.2, -0.15) is 0 Å². The van der Waals surface area contributed by atoms with E-state index in [2.05, 4.69) is 61.2 Å². The van der Waals surface area contributed by atoms with Crippen molar-refractivity contribution in [2.24, 2.45) is 0 Å². The first kappa shape index (κ1) is 14.5. The highest BCUT2D eigenvalue weighted by Gasteiger charge is 2.08. The molecule has 0 bridgehead atoms. The molecule has 0 aliphatic carbocycles. The summed E-state index contributed by atoms with van der Waals surface area (Å²) in [4.78, 5) is 9.27. The molecular weight excluding hydrogens is 246 g/mol. The molecule has 0 unspecified atom stereocenters. The predicted molar refractivity (Wildman–Crippen MR) is 84.4 cm³/mol. The lowest BCUT2D eigenvalue weighted by atomic mass is 10.0. The average molecular weight is 269 g/mol. The summed E-state index contributed by atoms with van der Waals surface area (Å²) >= 11 is 0. The Hall–Kier alpha value is -1.90. The van der Waals surface area contributed by atoms with E-state index in [9.17, 15) is 0 Å². The molecule has 1 heterocycles. The molecule has 20 heavy (non-hydrogen) atoms. The zero-order valence-corrected chi connectivity index (χ0v) is 13.0. The van der Waals surface area contributed by atoms with Crippen molar-refractivity contribution in [2.75, 3.05) is 11.9 Å². The molecule has 0 amide bonds. The number of rotatable bonds is 4. The molecule has 0 spiro atoms. The molecule has 0 saturated carbocycles. The third-order valence-electron chi connectivity index (χ3n) is 3.42. The minimum atomic E-state index is 0.780. The highest BCUT2D eigenvalue weighted by molar-refractivity contribution is 5.45. The van der Waals surface area contributed by atoms with Crippen molar-refractivity contribution in [1.82, 2.24) is 9.97 Å². The van der Waals surface area contributed by atoms with Crippen LogP contribution in [-0.4, -0.2) is 16.5 Å². The molecule has 0 fully saturated rings. The van der Waals surface area contributed by atoms with Crippen LogP contribution in [0.2, 0.25) is 0 Å². The highest BCUT2D eigenvalue weighted by atomic mass is 15.0. The Morgan fingerprint density at radius 2 is 1.60 bits per heavy atom. The molecule has 1 N–H and O–H groups in total. The summed E-state index contributed by atoms with van der Waals surface area (Å²) in [5.74, 6) is 1.84. The Morgan fingerprint density at radius 3 is 2.20 bits per heavy atom. The monoisotopic (exact) mass is 269 g/mol. The van der Waals surface area contributed by atoms with Crippen molar-refractivity contribution in [1.29, 1.82) is 0 Å². The number of nitrogens with one attached hydrogen (secondary N) is 1. The van der Waals surface area contributed by atoms with Gasteiger partial charge in [0.15, 0.2) is 0 Å². The topological polar surface area (TPSA) is 37.8 Å². The number of hydrogen-bond acceptors (Lipinski definition) is 3. The molecule has 1 aromatic carbocycles. The minimum Gasteiger partial charge on any atom is -0.370 e. The van der Waals surface area contributed by atoms with E-state index in [-0.39, 0.29) is 0 Å². The first-order valence-electron chi connectivity index (χ1n) is 7.14. The largest absolute Gasteiger partial charge is 0.370 e. The fraction of sp³-hybridized carbons (Fsp3) is 0.412. The fourth-order valence-corrected chi connectivity index (χ4v) is 2.46. The summed E-state index contributed by atoms with van der Waals surface area (Å²) in [5, 5.41) is 3.31. The van der Waals surface area contributed by atoms with Crippen molar-refractivity contribution in [2.45, 2.75) is 41.0 Å². The van der Waals surface area contributed by atoms with Gasteiger partial charge < -0.3 is 5.32 Å². The SMILES string of the molecule is CCNc1nc(Cc2cc(C)cc(C)c2)nc(C)c1C. The molecule has 0 saturated heterocycles. The second-order valence-corrected chi connectivity index (χ2v) is 5.40. The van der Waals surface area contributed by atoms with Crippen LogP contribution in [0, 0.1) is 27.7 Å². The van der Waals surface area contributed by atoms with Gasteiger partial charge in [-0.15, -0.1) is 0 Å². The molecule has 106 valence electrons. The summed E-state index contributed by atoms with van der Waals surface area (Å²) in [6.45, 7) is 11.3. The van der Waals surface area contributed by atoms with Gasteiger partial charge in [-0.1, -0.05) is 29.3 Å². The quantitative estimate of drug-likeness (QED) is 0.919. The van der Waals surface area contributed by atoms with E-state index in [1.807, 2.05) is 6.92 Å². The van der Waals surface area contributed by atoms with Gasteiger partial charge in [-0.05, 0) is 40.2 Å². The number of hydrogen-bond donors (Lipinski definition) is 1. The summed E-state index contributed by atoms with van der Waals surface area (Å²) in [5.41, 5.74) is 6.03. The maximum Gasteiger partial charge on any atom is 0.135 e. The Balaban J connectivity index is 2.33. The lowest BCUT2D eigenvalue weighted by Gasteiger charge is -2.11. The Morgan fingerprint density at radius 1 is 0.950 bits per heavy atom. The molecule has 0 radical (unpaired) electrons. The van der Waals surface area contributed by atoms with Crippen LogP contribution in [0.4, 0.5) is 5.82 Å². The maximum absolute atomic E-state index is 4.66. The molecule has 0 atom stereocenters. The number of nitrogens with zero attached hydrogens (tertiary/aromatic N) is 2. The van der Waals surface area contributed by atoms with E-state index in [1.54, 1.807) is 0 Å². The van der Waals surface area contributed by atoms with Gasteiger partial charge in [0, 0.05) is 24.2 Å². The number of aromatic nitrogens is 2. The van der Waals surface area contributed by atoms with Crippen molar-refractivity contribution >= 4 is 5.82 Å². The van der Waals surface area contributed by atoms with Gasteiger partial charge in [0.25, 0.3) is 0 Å². The van der Waals surface area contributed by atoms with Crippen LogP contribution in [0.3, 0.4) is 0 Å². The summed E-state index contributed by atoms with van der Waals surface area (Å²) in [6, 6.07) is 6.60. The van der Waals surface area contributed by atoms with E-state index in [4.69, 9.17) is 0 Å². The zero-order chi connectivity index (χ0) is 14.7. The van der Waals surface area contributed by atoms with E-state index >= 15 is 0 Å². The van der Waals surface area contributed by atoms with Crippen LogP contribution >= 0.6 is 0 Å². The van der Waals surface area contributed by atoms with Crippen LogP contribution in [0.1, 0.15) is 40.7 Å². The van der Waals surface area contributed by atoms with E-state index in [0.29, 0.717) is 0 Å². The second-order valence-electron chi connectivity index (χ2n) is 5.40. The Kier molecular flexibility index (Phi) is 4.38. The second kappa shape index (κ2) is 6.04. The predicted octanol–water partition coefficient (Wildman–Crippen LogP) is 3.73. The van der Waals surface area contributed by atoms with E-state index in [0.717, 1.165) is 35.9 Å². The van der Waals surface area contributed by atoms with Gasteiger partial charge in [0.2, 0.25) is 0 Å². The smallest absolute Gasteiger partial charge is 0.135 e. The maximum atomic E-state index is 4.66. The summed E-state index contributed by atoms with van der Waals surface area (Å²) in [7, 11) is 0. The normalized spacial score (nSPS) is 10.7. The number of benzene rings is 1. The van der Waals surface area contributed by atoms with E-state index in [1.165, 1.54) is 16.7 Å². The molecular formula is C17H23N3. The molecule has 0 aliphatic rings. The van der Waals surface area contributed by atoms with E-state index < -0.39 is 0 Å². The molecule has 2 aromatic rings. The third kappa shape index (κ3) is 3.35. The van der Waals surface area contributed by atoms with Crippen LogP contribution in [-0.2, 0) is 6.42 Å². The Labute approximate surface area is 121 Å². The minimum absolute atomic E-state index is 0.780. The number of anilines is 1. The molecule has 3 nitrogen and oxygen atoms in total. The number of aryl methyl sites for hydroxylation is 3. The Bertz CT molecular complexity index is 598. The van der Waals surface area contributed by atoms with Crippen molar-refractivity contribution in [3.8, 4) is 0 Å².